The van der Waals surface area contributed by atoms with E-state index in [1.807, 2.05) is 25.1 Å². The third kappa shape index (κ3) is 4.89. The van der Waals surface area contributed by atoms with Gasteiger partial charge in [0.05, 0.1) is 12.3 Å². The Morgan fingerprint density at radius 3 is 2.89 bits per heavy atom. The van der Waals surface area contributed by atoms with Crippen molar-refractivity contribution in [3.05, 3.63) is 29.8 Å². The van der Waals surface area contributed by atoms with Gasteiger partial charge in [0.25, 0.3) is 0 Å². The molecule has 0 aliphatic rings. The van der Waals surface area contributed by atoms with Crippen LogP contribution in [0.4, 0.5) is 10.5 Å². The predicted molar refractivity (Wildman–Crippen MR) is 72.3 cm³/mol. The molecule has 0 unspecified atom stereocenters. The minimum Gasteiger partial charge on any atom is -0.395 e. The first-order valence-corrected chi connectivity index (χ1v) is 6.01. The summed E-state index contributed by atoms with van der Waals surface area (Å²) in [7, 11) is 0. The third-order valence-electron chi connectivity index (χ3n) is 2.17. The molecular formula is C14H18N2O2. The monoisotopic (exact) mass is 246 g/mol. The first kappa shape index (κ1) is 14.1. The highest BCUT2D eigenvalue weighted by Crippen LogP contribution is 2.13. The highest BCUT2D eigenvalue weighted by molar-refractivity contribution is 5.90. The van der Waals surface area contributed by atoms with Crippen LogP contribution < -0.4 is 10.6 Å². The summed E-state index contributed by atoms with van der Waals surface area (Å²) in [6, 6.07) is 7.10. The molecule has 3 N–H and O–H groups in total. The van der Waals surface area contributed by atoms with Gasteiger partial charge in [0, 0.05) is 18.5 Å². The number of aliphatic hydroxyl groups is 1. The molecule has 1 aromatic carbocycles. The Labute approximate surface area is 107 Å². The van der Waals surface area contributed by atoms with Gasteiger partial charge >= 0.3 is 6.03 Å². The van der Waals surface area contributed by atoms with Gasteiger partial charge in [-0.05, 0) is 18.6 Å². The fourth-order valence-electron chi connectivity index (χ4n) is 1.32. The first-order chi connectivity index (χ1) is 8.77. The number of rotatable bonds is 4. The van der Waals surface area contributed by atoms with Crippen molar-refractivity contribution in [3.63, 3.8) is 0 Å². The smallest absolute Gasteiger partial charge is 0.319 e. The van der Waals surface area contributed by atoms with E-state index in [0.717, 1.165) is 12.0 Å². The molecule has 0 aromatic heterocycles. The van der Waals surface area contributed by atoms with Gasteiger partial charge in [-0.25, -0.2) is 4.79 Å². The van der Waals surface area contributed by atoms with E-state index >= 15 is 0 Å². The van der Waals surface area contributed by atoms with Gasteiger partial charge in [0.2, 0.25) is 0 Å². The minimum atomic E-state index is -0.228. The fraction of sp³-hybridized carbons (Fsp3) is 0.357. The van der Waals surface area contributed by atoms with Crippen LogP contribution >= 0.6 is 0 Å². The number of urea groups is 1. The SMILES string of the molecule is CCCNC(=O)Nc1ccccc1C#CCCO. The van der Waals surface area contributed by atoms with E-state index < -0.39 is 0 Å². The number of carbonyl (C=O) groups is 1. The summed E-state index contributed by atoms with van der Waals surface area (Å²) in [4.78, 5) is 11.5. The van der Waals surface area contributed by atoms with Gasteiger partial charge in [0.15, 0.2) is 0 Å². The molecule has 0 aliphatic heterocycles. The van der Waals surface area contributed by atoms with Gasteiger partial charge in [0.1, 0.15) is 0 Å². The molecule has 18 heavy (non-hydrogen) atoms. The summed E-state index contributed by atoms with van der Waals surface area (Å²) in [6.45, 7) is 2.68. The summed E-state index contributed by atoms with van der Waals surface area (Å²) in [5.74, 6) is 5.76. The van der Waals surface area contributed by atoms with Gasteiger partial charge in [-0.2, -0.15) is 0 Å². The molecule has 2 amide bonds. The number of aliphatic hydroxyl groups excluding tert-OH is 1. The van der Waals surface area contributed by atoms with E-state index in [0.29, 0.717) is 18.7 Å². The highest BCUT2D eigenvalue weighted by atomic mass is 16.2. The number of hydrogen-bond acceptors (Lipinski definition) is 2. The molecule has 96 valence electrons. The molecule has 0 saturated heterocycles. The summed E-state index contributed by atoms with van der Waals surface area (Å²) >= 11 is 0. The predicted octanol–water partition coefficient (Wildman–Crippen LogP) is 1.95. The molecule has 0 saturated carbocycles. The van der Waals surface area contributed by atoms with Crippen LogP contribution in [0.15, 0.2) is 24.3 Å². The van der Waals surface area contributed by atoms with E-state index in [-0.39, 0.29) is 12.6 Å². The van der Waals surface area contributed by atoms with Gasteiger partial charge in [-0.1, -0.05) is 30.9 Å². The van der Waals surface area contributed by atoms with Crippen LogP contribution in [-0.2, 0) is 0 Å². The van der Waals surface area contributed by atoms with Crippen LogP contribution in [0.3, 0.4) is 0 Å². The molecular weight excluding hydrogens is 228 g/mol. The maximum atomic E-state index is 11.5. The van der Waals surface area contributed by atoms with Crippen molar-refractivity contribution < 1.29 is 9.90 Å². The zero-order chi connectivity index (χ0) is 13.2. The van der Waals surface area contributed by atoms with E-state index in [2.05, 4.69) is 22.5 Å². The summed E-state index contributed by atoms with van der Waals surface area (Å²) in [5, 5.41) is 14.2. The number of carbonyl (C=O) groups excluding carboxylic acids is 1. The topological polar surface area (TPSA) is 61.4 Å². The van der Waals surface area contributed by atoms with Crippen LogP contribution in [0.5, 0.6) is 0 Å². The Balaban J connectivity index is 2.70. The van der Waals surface area contributed by atoms with E-state index in [4.69, 9.17) is 5.11 Å². The van der Waals surface area contributed by atoms with Crippen molar-refractivity contribution in [2.45, 2.75) is 19.8 Å². The number of anilines is 1. The fourth-order valence-corrected chi connectivity index (χ4v) is 1.32. The summed E-state index contributed by atoms with van der Waals surface area (Å²) in [5.41, 5.74) is 1.43. The largest absolute Gasteiger partial charge is 0.395 e. The second-order valence-electron chi connectivity index (χ2n) is 3.70. The Kier molecular flexibility index (Phi) is 6.37. The van der Waals surface area contributed by atoms with Crippen LogP contribution in [0, 0.1) is 11.8 Å². The first-order valence-electron chi connectivity index (χ1n) is 6.01. The van der Waals surface area contributed by atoms with Gasteiger partial charge in [-0.15, -0.1) is 0 Å². The number of benzene rings is 1. The molecule has 0 bridgehead atoms. The molecule has 4 heteroatoms. The molecule has 1 rings (SSSR count). The number of hydrogen-bond donors (Lipinski definition) is 3. The van der Waals surface area contributed by atoms with E-state index in [9.17, 15) is 4.79 Å². The Hall–Kier alpha value is -1.99. The lowest BCUT2D eigenvalue weighted by molar-refractivity contribution is 0.252. The molecule has 0 atom stereocenters. The quantitative estimate of drug-likeness (QED) is 0.711. The summed E-state index contributed by atoms with van der Waals surface area (Å²) in [6.07, 6.45) is 1.32. The van der Waals surface area contributed by atoms with Crippen molar-refractivity contribution in [3.8, 4) is 11.8 Å². The van der Waals surface area contributed by atoms with Crippen LogP contribution in [0.2, 0.25) is 0 Å². The van der Waals surface area contributed by atoms with Crippen molar-refractivity contribution >= 4 is 11.7 Å². The molecule has 4 nitrogen and oxygen atoms in total. The van der Waals surface area contributed by atoms with Crippen molar-refractivity contribution in [2.24, 2.45) is 0 Å². The second-order valence-corrected chi connectivity index (χ2v) is 3.70. The van der Waals surface area contributed by atoms with Crippen molar-refractivity contribution in [2.75, 3.05) is 18.5 Å². The van der Waals surface area contributed by atoms with E-state index in [1.165, 1.54) is 0 Å². The molecule has 1 aromatic rings. The normalized spacial score (nSPS) is 9.22. The number of para-hydroxylation sites is 1. The average Bonchev–Trinajstić information content (AvgIpc) is 2.38. The molecule has 0 aliphatic carbocycles. The molecule has 0 radical (unpaired) electrons. The zero-order valence-corrected chi connectivity index (χ0v) is 10.5. The number of amides is 2. The Morgan fingerprint density at radius 2 is 2.17 bits per heavy atom. The lowest BCUT2D eigenvalue weighted by Crippen LogP contribution is -2.29. The third-order valence-corrected chi connectivity index (χ3v) is 2.17. The molecule has 0 heterocycles. The van der Waals surface area contributed by atoms with Crippen molar-refractivity contribution in [1.82, 2.24) is 5.32 Å². The highest BCUT2D eigenvalue weighted by Gasteiger charge is 2.03. The maximum absolute atomic E-state index is 11.5. The van der Waals surface area contributed by atoms with Crippen LogP contribution in [0.25, 0.3) is 0 Å². The molecule has 0 fully saturated rings. The van der Waals surface area contributed by atoms with Crippen molar-refractivity contribution in [1.29, 1.82) is 0 Å². The van der Waals surface area contributed by atoms with Crippen LogP contribution in [0.1, 0.15) is 25.3 Å². The zero-order valence-electron chi connectivity index (χ0n) is 10.5. The lowest BCUT2D eigenvalue weighted by atomic mass is 10.2. The molecule has 0 spiro atoms. The standard InChI is InChI=1S/C14H18N2O2/c1-2-10-15-14(18)16-13-9-4-3-7-12(13)8-5-6-11-17/h3-4,7,9,17H,2,6,10-11H2,1H3,(H2,15,16,18). The average molecular weight is 246 g/mol. The van der Waals surface area contributed by atoms with Crippen LogP contribution in [-0.4, -0.2) is 24.3 Å². The van der Waals surface area contributed by atoms with Gasteiger partial charge in [-0.3, -0.25) is 0 Å². The second kappa shape index (κ2) is 8.15. The minimum absolute atomic E-state index is 0.0413. The maximum Gasteiger partial charge on any atom is 0.319 e. The Bertz CT molecular complexity index is 447. The van der Waals surface area contributed by atoms with E-state index in [1.54, 1.807) is 6.07 Å². The Morgan fingerprint density at radius 1 is 1.39 bits per heavy atom. The number of nitrogens with one attached hydrogen (secondary N) is 2. The lowest BCUT2D eigenvalue weighted by Gasteiger charge is -2.08. The summed E-state index contributed by atoms with van der Waals surface area (Å²) < 4.78 is 0. The van der Waals surface area contributed by atoms with Gasteiger partial charge < -0.3 is 15.7 Å².